The number of aryl methyl sites for hydroxylation is 2. The SMILES string of the molecule is Cc1cccc(C)c1C1=Nc2ccccc2-c2c(C(N)=O)cnn3ccc1c23. The van der Waals surface area contributed by atoms with Gasteiger partial charge in [-0.15, -0.1) is 0 Å². The first-order valence-electron chi connectivity index (χ1n) is 9.11. The van der Waals surface area contributed by atoms with Gasteiger partial charge in [0.05, 0.1) is 28.7 Å². The topological polar surface area (TPSA) is 72.8 Å². The predicted octanol–water partition coefficient (Wildman–Crippen LogP) is 4.20. The molecule has 5 rings (SSSR count). The summed E-state index contributed by atoms with van der Waals surface area (Å²) in [5.41, 5.74) is 14.7. The molecule has 0 spiro atoms. The van der Waals surface area contributed by atoms with E-state index in [9.17, 15) is 4.79 Å². The molecular weight excluding hydrogens is 348 g/mol. The standard InChI is InChI=1S/C23H18N4O/c1-13-6-5-7-14(2)19(13)21-16-10-11-27-22(16)20(17(12-25-27)23(24)28)15-8-3-4-9-18(15)26-21/h3-12H,1-2H3,(H2,24,28). The summed E-state index contributed by atoms with van der Waals surface area (Å²) in [6.45, 7) is 4.18. The first-order chi connectivity index (χ1) is 13.6. The molecule has 1 aliphatic heterocycles. The minimum Gasteiger partial charge on any atom is -0.366 e. The molecule has 5 heteroatoms. The Hall–Kier alpha value is -3.73. The molecule has 0 bridgehead atoms. The lowest BCUT2D eigenvalue weighted by atomic mass is 9.93. The van der Waals surface area contributed by atoms with Crippen LogP contribution in [0.5, 0.6) is 0 Å². The zero-order chi connectivity index (χ0) is 19.4. The zero-order valence-corrected chi connectivity index (χ0v) is 15.6. The molecule has 0 saturated carbocycles. The highest BCUT2D eigenvalue weighted by Crippen LogP contribution is 2.41. The second-order valence-electron chi connectivity index (χ2n) is 7.06. The minimum atomic E-state index is -0.498. The predicted molar refractivity (Wildman–Crippen MR) is 110 cm³/mol. The maximum Gasteiger partial charge on any atom is 0.251 e. The number of para-hydroxylation sites is 1. The van der Waals surface area contributed by atoms with Crippen LogP contribution in [0.1, 0.15) is 32.6 Å². The quantitative estimate of drug-likeness (QED) is 0.508. The van der Waals surface area contributed by atoms with Crippen molar-refractivity contribution >= 4 is 22.8 Å². The summed E-state index contributed by atoms with van der Waals surface area (Å²) >= 11 is 0. The normalized spacial score (nSPS) is 12.4. The Morgan fingerprint density at radius 3 is 2.43 bits per heavy atom. The van der Waals surface area contributed by atoms with Crippen molar-refractivity contribution in [2.45, 2.75) is 13.8 Å². The van der Waals surface area contributed by atoms with Gasteiger partial charge in [-0.1, -0.05) is 36.4 Å². The Kier molecular flexibility index (Phi) is 3.46. The molecule has 2 aromatic carbocycles. The molecule has 2 N–H and O–H groups in total. The first-order valence-corrected chi connectivity index (χ1v) is 9.11. The molecule has 1 aliphatic rings. The summed E-state index contributed by atoms with van der Waals surface area (Å²) in [4.78, 5) is 17.3. The molecule has 0 unspecified atom stereocenters. The van der Waals surface area contributed by atoms with Gasteiger partial charge in [-0.3, -0.25) is 4.79 Å². The second-order valence-corrected chi connectivity index (χ2v) is 7.06. The van der Waals surface area contributed by atoms with E-state index in [-0.39, 0.29) is 0 Å². The molecule has 3 heterocycles. The van der Waals surface area contributed by atoms with Crippen LogP contribution in [0.2, 0.25) is 0 Å². The van der Waals surface area contributed by atoms with Crippen LogP contribution in [0.3, 0.4) is 0 Å². The summed E-state index contributed by atoms with van der Waals surface area (Å²) in [5, 5.41) is 4.41. The van der Waals surface area contributed by atoms with Crippen molar-refractivity contribution in [2.24, 2.45) is 10.7 Å². The number of rotatable bonds is 2. The second kappa shape index (κ2) is 5.89. The number of nitrogens with two attached hydrogens (primary N) is 1. The maximum absolute atomic E-state index is 12.2. The Bertz CT molecular complexity index is 1290. The number of carbonyl (C=O) groups excluding carboxylic acids is 1. The highest BCUT2D eigenvalue weighted by atomic mass is 16.1. The van der Waals surface area contributed by atoms with Gasteiger partial charge in [-0.05, 0) is 37.1 Å². The lowest BCUT2D eigenvalue weighted by Crippen LogP contribution is -2.14. The van der Waals surface area contributed by atoms with Gasteiger partial charge in [-0.2, -0.15) is 5.10 Å². The number of carbonyl (C=O) groups is 1. The van der Waals surface area contributed by atoms with Gasteiger partial charge >= 0.3 is 0 Å². The van der Waals surface area contributed by atoms with Crippen molar-refractivity contribution < 1.29 is 4.79 Å². The van der Waals surface area contributed by atoms with E-state index in [1.165, 1.54) is 6.20 Å². The fraction of sp³-hybridized carbons (Fsp3) is 0.0870. The number of hydrogen-bond donors (Lipinski definition) is 1. The van der Waals surface area contributed by atoms with E-state index in [2.05, 4.69) is 37.1 Å². The van der Waals surface area contributed by atoms with Crippen LogP contribution in [0, 0.1) is 13.8 Å². The van der Waals surface area contributed by atoms with Gasteiger partial charge in [0.2, 0.25) is 0 Å². The molecule has 136 valence electrons. The molecule has 0 radical (unpaired) electrons. The van der Waals surface area contributed by atoms with Gasteiger partial charge < -0.3 is 5.73 Å². The van der Waals surface area contributed by atoms with Crippen molar-refractivity contribution in [1.82, 2.24) is 9.61 Å². The minimum absolute atomic E-state index is 0.401. The van der Waals surface area contributed by atoms with Crippen LogP contribution in [0.15, 0.2) is 65.9 Å². The monoisotopic (exact) mass is 366 g/mol. The van der Waals surface area contributed by atoms with E-state index >= 15 is 0 Å². The third-order valence-corrected chi connectivity index (χ3v) is 5.33. The number of aromatic nitrogens is 2. The van der Waals surface area contributed by atoms with Crippen LogP contribution in [-0.2, 0) is 0 Å². The third-order valence-electron chi connectivity index (χ3n) is 5.33. The van der Waals surface area contributed by atoms with E-state index in [0.717, 1.165) is 50.3 Å². The zero-order valence-electron chi connectivity index (χ0n) is 15.6. The average Bonchev–Trinajstić information content (AvgIpc) is 3.04. The summed E-state index contributed by atoms with van der Waals surface area (Å²) in [7, 11) is 0. The van der Waals surface area contributed by atoms with E-state index in [0.29, 0.717) is 5.56 Å². The number of fused-ring (bicyclic) bond motifs is 2. The van der Waals surface area contributed by atoms with Crippen LogP contribution < -0.4 is 5.73 Å². The van der Waals surface area contributed by atoms with Crippen LogP contribution in [0.25, 0.3) is 16.6 Å². The number of aliphatic imine (C=N–C) groups is 1. The number of amides is 1. The smallest absolute Gasteiger partial charge is 0.251 e. The van der Waals surface area contributed by atoms with Crippen LogP contribution in [0.4, 0.5) is 5.69 Å². The number of nitrogens with zero attached hydrogens (tertiary/aromatic N) is 3. The number of hydrogen-bond acceptors (Lipinski definition) is 3. The number of benzene rings is 2. The summed E-state index contributed by atoms with van der Waals surface area (Å²) in [5.74, 6) is -0.498. The molecule has 28 heavy (non-hydrogen) atoms. The van der Waals surface area contributed by atoms with Gasteiger partial charge in [0.25, 0.3) is 5.91 Å². The molecule has 1 amide bonds. The van der Waals surface area contributed by atoms with Gasteiger partial charge in [0, 0.05) is 28.5 Å². The van der Waals surface area contributed by atoms with Crippen molar-refractivity contribution in [3.05, 3.63) is 88.7 Å². The highest BCUT2D eigenvalue weighted by molar-refractivity contribution is 6.23. The molecular formula is C23H18N4O. The van der Waals surface area contributed by atoms with E-state index in [4.69, 9.17) is 10.7 Å². The molecule has 4 aromatic rings. The largest absolute Gasteiger partial charge is 0.366 e. The molecule has 0 aliphatic carbocycles. The third kappa shape index (κ3) is 2.23. The van der Waals surface area contributed by atoms with E-state index in [1.54, 1.807) is 4.52 Å². The number of primary amides is 1. The lowest BCUT2D eigenvalue weighted by molar-refractivity contribution is 0.100. The molecule has 5 nitrogen and oxygen atoms in total. The Morgan fingerprint density at radius 2 is 1.68 bits per heavy atom. The van der Waals surface area contributed by atoms with Gasteiger partial charge in [-0.25, -0.2) is 9.51 Å². The Morgan fingerprint density at radius 1 is 0.929 bits per heavy atom. The Labute approximate surface area is 162 Å². The fourth-order valence-corrected chi connectivity index (χ4v) is 4.07. The molecule has 0 fully saturated rings. The van der Waals surface area contributed by atoms with Gasteiger partial charge in [0.15, 0.2) is 0 Å². The summed E-state index contributed by atoms with van der Waals surface area (Å²) in [6.07, 6.45) is 3.44. The summed E-state index contributed by atoms with van der Waals surface area (Å²) in [6, 6.07) is 16.1. The van der Waals surface area contributed by atoms with Crippen molar-refractivity contribution in [3.63, 3.8) is 0 Å². The summed E-state index contributed by atoms with van der Waals surface area (Å²) < 4.78 is 1.79. The molecule has 0 atom stereocenters. The van der Waals surface area contributed by atoms with Crippen molar-refractivity contribution in [2.75, 3.05) is 0 Å². The van der Waals surface area contributed by atoms with Crippen LogP contribution in [-0.4, -0.2) is 21.2 Å². The lowest BCUT2D eigenvalue weighted by Gasteiger charge is -2.12. The van der Waals surface area contributed by atoms with Gasteiger partial charge in [0.1, 0.15) is 0 Å². The van der Waals surface area contributed by atoms with Crippen LogP contribution >= 0.6 is 0 Å². The molecule has 0 saturated heterocycles. The molecule has 2 aromatic heterocycles. The van der Waals surface area contributed by atoms with E-state index in [1.807, 2.05) is 36.5 Å². The van der Waals surface area contributed by atoms with Crippen molar-refractivity contribution in [1.29, 1.82) is 0 Å². The highest BCUT2D eigenvalue weighted by Gasteiger charge is 2.26. The fourth-order valence-electron chi connectivity index (χ4n) is 4.07. The Balaban J connectivity index is 1.99. The average molecular weight is 366 g/mol. The van der Waals surface area contributed by atoms with E-state index < -0.39 is 5.91 Å². The first kappa shape index (κ1) is 16.4. The van der Waals surface area contributed by atoms with Crippen molar-refractivity contribution in [3.8, 4) is 11.1 Å². The maximum atomic E-state index is 12.2.